The lowest BCUT2D eigenvalue weighted by Gasteiger charge is -2.57. The van der Waals surface area contributed by atoms with Crippen molar-refractivity contribution in [3.63, 3.8) is 0 Å². The molecule has 2 aromatic rings. The predicted molar refractivity (Wildman–Crippen MR) is 126 cm³/mol. The zero-order valence-corrected chi connectivity index (χ0v) is 19.8. The van der Waals surface area contributed by atoms with Crippen LogP contribution in [0.3, 0.4) is 0 Å². The first-order valence-electron chi connectivity index (χ1n) is 12.5. The van der Waals surface area contributed by atoms with Crippen molar-refractivity contribution in [2.45, 2.75) is 56.4 Å². The Morgan fingerprint density at radius 1 is 0.943 bits per heavy atom. The number of benzene rings is 2. The largest absolute Gasteiger partial charge is 0.425 e. The fourth-order valence-electron chi connectivity index (χ4n) is 7.45. The van der Waals surface area contributed by atoms with E-state index in [1.165, 1.54) is 75.3 Å². The summed E-state index contributed by atoms with van der Waals surface area (Å²) in [6.07, 6.45) is 7.94. The second-order valence-electron chi connectivity index (χ2n) is 11.1. The molecule has 5 fully saturated rings. The molecule has 3 amide bonds. The molecule has 7 heteroatoms. The van der Waals surface area contributed by atoms with Gasteiger partial charge < -0.3 is 10.1 Å². The highest BCUT2D eigenvalue weighted by atomic mass is 19.1. The standard InChI is InChI=1S/C28H29FN2O4/c1-27(20-2-6-22(29)7-3-20)25(33)31(26(34)30-27)16-24(32)35-23-8-4-21(5-9-23)28-13-17-10-18(14-28)12-19(11-17)15-28/h2-9,17-19H,10-16H2,1H3,(H,30,34). The number of ether oxygens (including phenoxy) is 1. The minimum atomic E-state index is -1.37. The third kappa shape index (κ3) is 3.72. The molecule has 1 N–H and O–H groups in total. The minimum absolute atomic E-state index is 0.266. The average Bonchev–Trinajstić information content (AvgIpc) is 3.03. The molecule has 0 aromatic heterocycles. The van der Waals surface area contributed by atoms with E-state index in [4.69, 9.17) is 4.74 Å². The Morgan fingerprint density at radius 3 is 2.06 bits per heavy atom. The number of imide groups is 1. The maximum absolute atomic E-state index is 13.3. The monoisotopic (exact) mass is 476 g/mol. The molecule has 0 radical (unpaired) electrons. The normalized spacial score (nSPS) is 33.2. The van der Waals surface area contributed by atoms with E-state index in [1.54, 1.807) is 0 Å². The Hall–Kier alpha value is -3.22. The van der Waals surface area contributed by atoms with Crippen molar-refractivity contribution >= 4 is 17.9 Å². The summed E-state index contributed by atoms with van der Waals surface area (Å²) in [6, 6.07) is 12.5. The first kappa shape index (κ1) is 22.3. The molecule has 1 saturated heterocycles. The van der Waals surface area contributed by atoms with Gasteiger partial charge in [0, 0.05) is 0 Å². The van der Waals surface area contributed by atoms with E-state index in [9.17, 15) is 18.8 Å². The fourth-order valence-corrected chi connectivity index (χ4v) is 7.45. The van der Waals surface area contributed by atoms with Crippen LogP contribution in [-0.4, -0.2) is 29.4 Å². The Morgan fingerprint density at radius 2 is 1.49 bits per heavy atom. The number of nitrogens with zero attached hydrogens (tertiary/aromatic N) is 1. The van der Waals surface area contributed by atoms with Crippen LogP contribution in [0.1, 0.15) is 56.6 Å². The summed E-state index contributed by atoms with van der Waals surface area (Å²) in [5, 5.41) is 2.61. The second-order valence-corrected chi connectivity index (χ2v) is 11.1. The summed E-state index contributed by atoms with van der Waals surface area (Å²) in [6.45, 7) is 1.03. The van der Waals surface area contributed by atoms with Crippen LogP contribution in [0.15, 0.2) is 48.5 Å². The summed E-state index contributed by atoms with van der Waals surface area (Å²) in [7, 11) is 0. The molecule has 1 atom stereocenters. The van der Waals surface area contributed by atoms with Crippen molar-refractivity contribution in [3.05, 3.63) is 65.5 Å². The maximum atomic E-state index is 13.3. The molecule has 1 unspecified atom stereocenters. The van der Waals surface area contributed by atoms with E-state index in [0.29, 0.717) is 11.3 Å². The molecule has 1 heterocycles. The molecular formula is C28H29FN2O4. The molecule has 7 rings (SSSR count). The maximum Gasteiger partial charge on any atom is 0.331 e. The van der Waals surface area contributed by atoms with Gasteiger partial charge in [-0.2, -0.15) is 0 Å². The molecule has 4 aliphatic carbocycles. The Balaban J connectivity index is 1.12. The molecule has 6 nitrogen and oxygen atoms in total. The van der Waals surface area contributed by atoms with Gasteiger partial charge in [-0.3, -0.25) is 9.69 Å². The molecular weight excluding hydrogens is 447 g/mol. The van der Waals surface area contributed by atoms with Crippen LogP contribution < -0.4 is 10.1 Å². The van der Waals surface area contributed by atoms with Gasteiger partial charge in [0.15, 0.2) is 0 Å². The number of hydrogen-bond donors (Lipinski definition) is 1. The van der Waals surface area contributed by atoms with Crippen LogP contribution in [0.2, 0.25) is 0 Å². The first-order valence-corrected chi connectivity index (χ1v) is 12.5. The number of carbonyl (C=O) groups is 3. The number of nitrogens with one attached hydrogen (secondary N) is 1. The quantitative estimate of drug-likeness (QED) is 0.387. The lowest BCUT2D eigenvalue weighted by molar-refractivity contribution is -0.140. The summed E-state index contributed by atoms with van der Waals surface area (Å²) >= 11 is 0. The highest BCUT2D eigenvalue weighted by Gasteiger charge is 2.52. The van der Waals surface area contributed by atoms with Crippen molar-refractivity contribution in [1.82, 2.24) is 10.2 Å². The number of rotatable bonds is 5. The van der Waals surface area contributed by atoms with Crippen molar-refractivity contribution in [1.29, 1.82) is 0 Å². The third-order valence-electron chi connectivity index (χ3n) is 8.72. The molecule has 2 aromatic carbocycles. The van der Waals surface area contributed by atoms with Gasteiger partial charge in [-0.05, 0) is 104 Å². The second kappa shape index (κ2) is 7.90. The van der Waals surface area contributed by atoms with Crippen LogP contribution in [0.5, 0.6) is 5.75 Å². The number of amides is 3. The van der Waals surface area contributed by atoms with Gasteiger partial charge in [0.1, 0.15) is 23.7 Å². The molecule has 0 spiro atoms. The Kier molecular flexibility index (Phi) is 5.02. The zero-order valence-electron chi connectivity index (χ0n) is 19.8. The number of hydrogen-bond acceptors (Lipinski definition) is 4. The van der Waals surface area contributed by atoms with E-state index in [0.717, 1.165) is 22.7 Å². The van der Waals surface area contributed by atoms with Gasteiger partial charge in [-0.1, -0.05) is 24.3 Å². The van der Waals surface area contributed by atoms with Crippen LogP contribution in [0.25, 0.3) is 0 Å². The fraction of sp³-hybridized carbons (Fsp3) is 0.464. The van der Waals surface area contributed by atoms with Crippen molar-refractivity contribution < 1.29 is 23.5 Å². The summed E-state index contributed by atoms with van der Waals surface area (Å²) in [5.74, 6) is 1.23. The smallest absolute Gasteiger partial charge is 0.331 e. The number of halogens is 1. The van der Waals surface area contributed by atoms with Gasteiger partial charge in [0.25, 0.3) is 5.91 Å². The number of esters is 1. The van der Waals surface area contributed by atoms with Crippen molar-refractivity contribution in [2.75, 3.05) is 6.54 Å². The van der Waals surface area contributed by atoms with Crippen molar-refractivity contribution in [2.24, 2.45) is 17.8 Å². The highest BCUT2D eigenvalue weighted by molar-refractivity contribution is 6.08. The third-order valence-corrected chi connectivity index (χ3v) is 8.72. The molecule has 4 saturated carbocycles. The van der Waals surface area contributed by atoms with Crippen LogP contribution in [-0.2, 0) is 20.5 Å². The van der Waals surface area contributed by atoms with Crippen LogP contribution in [0, 0.1) is 23.6 Å². The Labute approximate surface area is 203 Å². The van der Waals surface area contributed by atoms with Gasteiger partial charge >= 0.3 is 12.0 Å². The summed E-state index contributed by atoms with van der Waals surface area (Å²) in [5.41, 5.74) is 0.668. The average molecular weight is 477 g/mol. The predicted octanol–water partition coefficient (Wildman–Crippen LogP) is 4.67. The minimum Gasteiger partial charge on any atom is -0.425 e. The van der Waals surface area contributed by atoms with E-state index in [1.807, 2.05) is 12.1 Å². The van der Waals surface area contributed by atoms with Crippen LogP contribution >= 0.6 is 0 Å². The van der Waals surface area contributed by atoms with Gasteiger partial charge in [-0.15, -0.1) is 0 Å². The highest BCUT2D eigenvalue weighted by Crippen LogP contribution is 2.60. The summed E-state index contributed by atoms with van der Waals surface area (Å²) in [4.78, 5) is 38.9. The van der Waals surface area contributed by atoms with E-state index >= 15 is 0 Å². The Bertz CT molecular complexity index is 1160. The summed E-state index contributed by atoms with van der Waals surface area (Å²) < 4.78 is 18.8. The van der Waals surface area contributed by atoms with E-state index in [2.05, 4.69) is 17.4 Å². The van der Waals surface area contributed by atoms with E-state index < -0.39 is 35.8 Å². The van der Waals surface area contributed by atoms with Crippen molar-refractivity contribution in [3.8, 4) is 5.75 Å². The van der Waals surface area contributed by atoms with Gasteiger partial charge in [-0.25, -0.2) is 14.0 Å². The lowest BCUT2D eigenvalue weighted by Crippen LogP contribution is -2.48. The number of carbonyl (C=O) groups excluding carboxylic acids is 3. The lowest BCUT2D eigenvalue weighted by atomic mass is 9.48. The van der Waals surface area contributed by atoms with Gasteiger partial charge in [0.2, 0.25) is 0 Å². The zero-order chi connectivity index (χ0) is 24.4. The van der Waals surface area contributed by atoms with E-state index in [-0.39, 0.29) is 5.41 Å². The molecule has 35 heavy (non-hydrogen) atoms. The number of urea groups is 1. The molecule has 4 bridgehead atoms. The first-order chi connectivity index (χ1) is 16.7. The topological polar surface area (TPSA) is 75.7 Å². The molecule has 5 aliphatic rings. The van der Waals surface area contributed by atoms with Crippen LogP contribution in [0.4, 0.5) is 9.18 Å². The molecule has 182 valence electrons. The van der Waals surface area contributed by atoms with Gasteiger partial charge in [0.05, 0.1) is 0 Å². The SMILES string of the molecule is CC1(c2ccc(F)cc2)NC(=O)N(CC(=O)Oc2ccc(C34CC5CC(CC(C5)C3)C4)cc2)C1=O. The molecule has 1 aliphatic heterocycles.